The van der Waals surface area contributed by atoms with Gasteiger partial charge in [-0.2, -0.15) is 0 Å². The average Bonchev–Trinajstić information content (AvgIpc) is 2.60. The highest BCUT2D eigenvalue weighted by Gasteiger charge is 2.26. The van der Waals surface area contributed by atoms with Gasteiger partial charge in [-0.3, -0.25) is 14.6 Å². The predicted molar refractivity (Wildman–Crippen MR) is 89.8 cm³/mol. The molecule has 0 amide bonds. The number of benzene rings is 1. The topological polar surface area (TPSA) is 71.5 Å². The summed E-state index contributed by atoms with van der Waals surface area (Å²) < 4.78 is 15.8. The summed E-state index contributed by atoms with van der Waals surface area (Å²) in [6.45, 7) is 4.73. The summed E-state index contributed by atoms with van der Waals surface area (Å²) in [7, 11) is 4.93. The molecule has 134 valence electrons. The number of hydrogen-bond donors (Lipinski definition) is 1. The number of morpholine rings is 1. The Morgan fingerprint density at radius 1 is 1.29 bits per heavy atom. The van der Waals surface area contributed by atoms with Crippen molar-refractivity contribution in [2.24, 2.45) is 0 Å². The third kappa shape index (κ3) is 4.59. The monoisotopic (exact) mass is 338 g/mol. The summed E-state index contributed by atoms with van der Waals surface area (Å²) >= 11 is 0. The number of aliphatic carboxylic acids is 1. The second-order valence-electron chi connectivity index (χ2n) is 5.79. The molecule has 0 aromatic heterocycles. The fraction of sp³-hybridized carbons (Fsp3) is 0.588. The second-order valence-corrected chi connectivity index (χ2v) is 5.79. The van der Waals surface area contributed by atoms with Crippen LogP contribution in [0.5, 0.6) is 11.5 Å². The Morgan fingerprint density at radius 3 is 2.54 bits per heavy atom. The quantitative estimate of drug-likeness (QED) is 0.761. The molecule has 1 N–H and O–H groups in total. The number of methoxy groups -OCH3 is 2. The zero-order valence-electron chi connectivity index (χ0n) is 14.5. The van der Waals surface area contributed by atoms with Gasteiger partial charge in [0.05, 0.1) is 27.4 Å². The molecule has 1 heterocycles. The van der Waals surface area contributed by atoms with Crippen molar-refractivity contribution < 1.29 is 24.1 Å². The molecule has 2 rings (SSSR count). The molecule has 0 aliphatic carbocycles. The molecule has 7 nitrogen and oxygen atoms in total. The minimum absolute atomic E-state index is 0.530. The smallest absolute Gasteiger partial charge is 0.325 e. The molecule has 1 unspecified atom stereocenters. The minimum Gasteiger partial charge on any atom is -0.493 e. The third-order valence-electron chi connectivity index (χ3n) is 4.27. The number of hydrogen-bond acceptors (Lipinski definition) is 6. The molecule has 1 aromatic rings. The van der Waals surface area contributed by atoms with Crippen LogP contribution in [0, 0.1) is 0 Å². The Bertz CT molecular complexity index is 546. The van der Waals surface area contributed by atoms with Crippen LogP contribution in [0.25, 0.3) is 0 Å². The van der Waals surface area contributed by atoms with E-state index in [9.17, 15) is 9.90 Å². The van der Waals surface area contributed by atoms with Crippen LogP contribution in [0.15, 0.2) is 18.2 Å². The van der Waals surface area contributed by atoms with Crippen LogP contribution in [0.4, 0.5) is 0 Å². The largest absolute Gasteiger partial charge is 0.493 e. The van der Waals surface area contributed by atoms with Gasteiger partial charge in [0.15, 0.2) is 11.5 Å². The van der Waals surface area contributed by atoms with Gasteiger partial charge in [0.1, 0.15) is 6.04 Å². The molecule has 1 fully saturated rings. The predicted octanol–water partition coefficient (Wildman–Crippen LogP) is 1.09. The van der Waals surface area contributed by atoms with Crippen molar-refractivity contribution in [3.63, 3.8) is 0 Å². The summed E-state index contributed by atoms with van der Waals surface area (Å²) in [6.07, 6.45) is 0. The second kappa shape index (κ2) is 8.86. The van der Waals surface area contributed by atoms with Crippen molar-refractivity contribution in [2.75, 3.05) is 60.7 Å². The first kappa shape index (κ1) is 18.5. The summed E-state index contributed by atoms with van der Waals surface area (Å²) in [5.74, 6) is 0.232. The molecular weight excluding hydrogens is 312 g/mol. The highest BCUT2D eigenvalue weighted by molar-refractivity contribution is 5.76. The summed E-state index contributed by atoms with van der Waals surface area (Å²) in [6, 6.07) is 4.50. The van der Waals surface area contributed by atoms with E-state index in [1.807, 2.05) is 11.9 Å². The average molecular weight is 338 g/mol. The Hall–Kier alpha value is -1.83. The van der Waals surface area contributed by atoms with Crippen LogP contribution >= 0.6 is 0 Å². The van der Waals surface area contributed by atoms with Crippen molar-refractivity contribution in [3.8, 4) is 11.5 Å². The fourth-order valence-corrected chi connectivity index (χ4v) is 2.86. The zero-order chi connectivity index (χ0) is 17.5. The first-order valence-corrected chi connectivity index (χ1v) is 8.02. The Kier molecular flexibility index (Phi) is 6.84. The highest BCUT2D eigenvalue weighted by Crippen LogP contribution is 2.31. The third-order valence-corrected chi connectivity index (χ3v) is 4.27. The van der Waals surface area contributed by atoms with E-state index in [1.54, 1.807) is 32.4 Å². The molecule has 1 atom stereocenters. The van der Waals surface area contributed by atoms with Crippen molar-refractivity contribution in [3.05, 3.63) is 23.8 Å². The standard InChI is InChI=1S/C17H26N2O5/c1-18(6-7-19-8-10-24-11-9-19)16(17(20)21)13-4-5-14(22-2)15(12-13)23-3/h4-5,12,16H,6-11H2,1-3H3,(H,20,21). The lowest BCUT2D eigenvalue weighted by Gasteiger charge is -2.31. The maximum Gasteiger partial charge on any atom is 0.325 e. The lowest BCUT2D eigenvalue weighted by atomic mass is 10.0. The van der Waals surface area contributed by atoms with Crippen molar-refractivity contribution >= 4 is 5.97 Å². The number of likely N-dealkylation sites (N-methyl/N-ethyl adjacent to an activating group) is 1. The van der Waals surface area contributed by atoms with Crippen LogP contribution in [-0.4, -0.2) is 81.5 Å². The molecule has 0 bridgehead atoms. The van der Waals surface area contributed by atoms with E-state index in [0.717, 1.165) is 32.8 Å². The van der Waals surface area contributed by atoms with Crippen molar-refractivity contribution in [2.45, 2.75) is 6.04 Å². The Labute approximate surface area is 142 Å². The first-order chi connectivity index (χ1) is 11.6. The number of carboxylic acid groups (broad SMARTS) is 1. The van der Waals surface area contributed by atoms with Gasteiger partial charge in [0.25, 0.3) is 0 Å². The van der Waals surface area contributed by atoms with Gasteiger partial charge in [0, 0.05) is 26.2 Å². The maximum absolute atomic E-state index is 11.8. The number of nitrogens with zero attached hydrogens (tertiary/aromatic N) is 2. The van der Waals surface area contributed by atoms with Crippen LogP contribution in [-0.2, 0) is 9.53 Å². The molecule has 1 aliphatic heterocycles. The van der Waals surface area contributed by atoms with E-state index < -0.39 is 12.0 Å². The van der Waals surface area contributed by atoms with Crippen molar-refractivity contribution in [1.29, 1.82) is 0 Å². The van der Waals surface area contributed by atoms with E-state index in [4.69, 9.17) is 14.2 Å². The number of ether oxygens (including phenoxy) is 3. The number of carboxylic acids is 1. The summed E-state index contributed by atoms with van der Waals surface area (Å²) in [5, 5.41) is 9.68. The van der Waals surface area contributed by atoms with E-state index in [0.29, 0.717) is 23.6 Å². The maximum atomic E-state index is 11.8. The normalized spacial score (nSPS) is 16.8. The van der Waals surface area contributed by atoms with Crippen LogP contribution < -0.4 is 9.47 Å². The minimum atomic E-state index is -0.883. The molecule has 0 saturated carbocycles. The first-order valence-electron chi connectivity index (χ1n) is 8.02. The lowest BCUT2D eigenvalue weighted by Crippen LogP contribution is -2.42. The van der Waals surface area contributed by atoms with Gasteiger partial charge in [-0.1, -0.05) is 6.07 Å². The molecular formula is C17H26N2O5. The zero-order valence-corrected chi connectivity index (χ0v) is 14.5. The lowest BCUT2D eigenvalue weighted by molar-refractivity contribution is -0.143. The molecule has 1 saturated heterocycles. The molecule has 7 heteroatoms. The van der Waals surface area contributed by atoms with E-state index in [1.165, 1.54) is 0 Å². The van der Waals surface area contributed by atoms with E-state index in [2.05, 4.69) is 4.90 Å². The molecule has 1 aromatic carbocycles. The van der Waals surface area contributed by atoms with Crippen LogP contribution in [0.3, 0.4) is 0 Å². The number of rotatable bonds is 8. The molecule has 0 spiro atoms. The fourth-order valence-electron chi connectivity index (χ4n) is 2.86. The van der Waals surface area contributed by atoms with Gasteiger partial charge in [0.2, 0.25) is 0 Å². The van der Waals surface area contributed by atoms with E-state index >= 15 is 0 Å². The van der Waals surface area contributed by atoms with Gasteiger partial charge in [-0.15, -0.1) is 0 Å². The Morgan fingerprint density at radius 2 is 1.96 bits per heavy atom. The van der Waals surface area contributed by atoms with E-state index in [-0.39, 0.29) is 0 Å². The Balaban J connectivity index is 2.08. The summed E-state index contributed by atoms with van der Waals surface area (Å²) in [4.78, 5) is 15.9. The van der Waals surface area contributed by atoms with Crippen molar-refractivity contribution in [1.82, 2.24) is 9.80 Å². The number of carbonyl (C=O) groups is 1. The van der Waals surface area contributed by atoms with Crippen LogP contribution in [0.1, 0.15) is 11.6 Å². The van der Waals surface area contributed by atoms with Gasteiger partial charge < -0.3 is 19.3 Å². The molecule has 24 heavy (non-hydrogen) atoms. The molecule has 0 radical (unpaired) electrons. The SMILES string of the molecule is COc1ccc(C(C(=O)O)N(C)CCN2CCOCC2)cc1OC. The van der Waals surface area contributed by atoms with Gasteiger partial charge in [-0.05, 0) is 24.7 Å². The van der Waals surface area contributed by atoms with Gasteiger partial charge in [-0.25, -0.2) is 0 Å². The van der Waals surface area contributed by atoms with Crippen LogP contribution in [0.2, 0.25) is 0 Å². The summed E-state index contributed by atoms with van der Waals surface area (Å²) in [5.41, 5.74) is 0.671. The van der Waals surface area contributed by atoms with Gasteiger partial charge >= 0.3 is 5.97 Å². The molecule has 1 aliphatic rings. The highest BCUT2D eigenvalue weighted by atomic mass is 16.5.